The van der Waals surface area contributed by atoms with Gasteiger partial charge in [-0.2, -0.15) is 5.10 Å². The minimum Gasteiger partial charge on any atom is -0.336 e. The highest BCUT2D eigenvalue weighted by Crippen LogP contribution is 2.70. The molecule has 5 nitrogen and oxygen atoms in total. The zero-order chi connectivity index (χ0) is 27.0. The molecule has 0 spiro atoms. The number of likely N-dealkylation sites (tertiary alicyclic amines) is 1. The Labute approximate surface area is 232 Å². The van der Waals surface area contributed by atoms with Gasteiger partial charge in [-0.1, -0.05) is 36.4 Å². The summed E-state index contributed by atoms with van der Waals surface area (Å²) in [5.41, 5.74) is 7.23. The van der Waals surface area contributed by atoms with Gasteiger partial charge in [0, 0.05) is 36.0 Å². The number of hydrogen-bond acceptors (Lipinski definition) is 3. The van der Waals surface area contributed by atoms with E-state index in [1.54, 1.807) is 12.1 Å². The molecule has 3 atom stereocenters. The van der Waals surface area contributed by atoms with Crippen molar-refractivity contribution >= 4 is 16.8 Å². The fraction of sp³-hybridized carbons (Fsp3) is 0.265. The van der Waals surface area contributed by atoms with Crippen LogP contribution in [0, 0.1) is 18.7 Å². The fourth-order valence-electron chi connectivity index (χ4n) is 7.24. The molecule has 1 saturated heterocycles. The summed E-state index contributed by atoms with van der Waals surface area (Å²) in [4.78, 5) is 20.2. The Hall–Kier alpha value is -4.32. The van der Waals surface area contributed by atoms with Crippen molar-refractivity contribution in [2.75, 3.05) is 13.1 Å². The topological polar surface area (TPSA) is 51.0 Å². The van der Waals surface area contributed by atoms with Crippen molar-refractivity contribution in [2.24, 2.45) is 5.92 Å². The van der Waals surface area contributed by atoms with E-state index in [9.17, 15) is 9.18 Å². The van der Waals surface area contributed by atoms with Gasteiger partial charge in [0.15, 0.2) is 0 Å². The number of piperidine rings is 1. The number of aromatic nitrogens is 3. The summed E-state index contributed by atoms with van der Waals surface area (Å²) in [5.74, 6) is 1.07. The summed E-state index contributed by atoms with van der Waals surface area (Å²) in [5, 5.41) is 5.69. The molecule has 3 aliphatic rings. The molecule has 3 unspecified atom stereocenters. The number of benzene rings is 3. The average molecular weight is 529 g/mol. The quantitative estimate of drug-likeness (QED) is 0.260. The largest absolute Gasteiger partial charge is 0.336 e. The van der Waals surface area contributed by atoms with Crippen molar-refractivity contribution in [3.05, 3.63) is 125 Å². The lowest BCUT2D eigenvalue weighted by atomic mass is 9.86. The van der Waals surface area contributed by atoms with Gasteiger partial charge in [0.1, 0.15) is 11.5 Å². The molecule has 3 fully saturated rings. The summed E-state index contributed by atoms with van der Waals surface area (Å²) < 4.78 is 15.4. The first kappa shape index (κ1) is 23.6. The average Bonchev–Trinajstić information content (AvgIpc) is 3.86. The predicted molar refractivity (Wildman–Crippen MR) is 152 cm³/mol. The normalized spacial score (nSPS) is 23.4. The number of aryl methyl sites for hydroxylation is 1. The number of carbonyl (C=O) groups excluding carboxylic acids is 1. The number of amides is 1. The Kier molecular flexibility index (Phi) is 5.06. The predicted octanol–water partition coefficient (Wildman–Crippen LogP) is 6.55. The van der Waals surface area contributed by atoms with E-state index in [0.29, 0.717) is 30.0 Å². The first-order valence-electron chi connectivity index (χ1n) is 14.1. The van der Waals surface area contributed by atoms with Gasteiger partial charge in [0.05, 0.1) is 17.4 Å². The molecule has 1 amide bonds. The van der Waals surface area contributed by atoms with E-state index >= 15 is 0 Å². The number of halogens is 1. The van der Waals surface area contributed by atoms with Crippen molar-refractivity contribution < 1.29 is 9.18 Å². The lowest BCUT2D eigenvalue weighted by Crippen LogP contribution is -2.35. The molecule has 5 aromatic rings. The SMILES string of the molecule is Cc1cc2c(cnn2-c2ccc(F)cc2)cc1C12CN(C(=O)c3ccc(C4CC4)cn3)CC1C2c1ccccc1. The Morgan fingerprint density at radius 3 is 2.48 bits per heavy atom. The number of rotatable bonds is 5. The molecule has 0 radical (unpaired) electrons. The van der Waals surface area contributed by atoms with Crippen molar-refractivity contribution in [1.82, 2.24) is 19.7 Å². The molecular formula is C34H29FN4O. The monoisotopic (exact) mass is 528 g/mol. The van der Waals surface area contributed by atoms with Crippen LogP contribution in [0.15, 0.2) is 91.3 Å². The third-order valence-corrected chi connectivity index (χ3v) is 9.37. The summed E-state index contributed by atoms with van der Waals surface area (Å²) in [6.07, 6.45) is 6.22. The first-order valence-corrected chi connectivity index (χ1v) is 14.1. The van der Waals surface area contributed by atoms with Gasteiger partial charge in [-0.25, -0.2) is 9.07 Å². The van der Waals surface area contributed by atoms with Crippen LogP contribution in [0.5, 0.6) is 0 Å². The maximum absolute atomic E-state index is 13.6. The second-order valence-corrected chi connectivity index (χ2v) is 11.7. The second kappa shape index (κ2) is 8.59. The molecule has 3 aromatic carbocycles. The maximum Gasteiger partial charge on any atom is 0.272 e. The second-order valence-electron chi connectivity index (χ2n) is 11.7. The van der Waals surface area contributed by atoms with Gasteiger partial charge in [-0.15, -0.1) is 0 Å². The zero-order valence-electron chi connectivity index (χ0n) is 22.3. The molecule has 3 heterocycles. The lowest BCUT2D eigenvalue weighted by molar-refractivity contribution is 0.0763. The highest BCUT2D eigenvalue weighted by molar-refractivity contribution is 5.93. The van der Waals surface area contributed by atoms with Gasteiger partial charge >= 0.3 is 0 Å². The van der Waals surface area contributed by atoms with E-state index in [2.05, 4.69) is 65.5 Å². The molecular weight excluding hydrogens is 499 g/mol. The number of pyridine rings is 1. The number of carbonyl (C=O) groups is 1. The summed E-state index contributed by atoms with van der Waals surface area (Å²) in [7, 11) is 0. The van der Waals surface area contributed by atoms with Crippen LogP contribution in [0.3, 0.4) is 0 Å². The zero-order valence-corrected chi connectivity index (χ0v) is 22.3. The van der Waals surface area contributed by atoms with Gasteiger partial charge in [0.25, 0.3) is 5.91 Å². The van der Waals surface area contributed by atoms with Crippen LogP contribution in [-0.4, -0.2) is 38.7 Å². The third-order valence-electron chi connectivity index (χ3n) is 9.37. The Bertz CT molecular complexity index is 1760. The van der Waals surface area contributed by atoms with E-state index in [1.807, 2.05) is 28.0 Å². The van der Waals surface area contributed by atoms with Gasteiger partial charge in [0.2, 0.25) is 0 Å². The van der Waals surface area contributed by atoms with Crippen LogP contribution in [0.1, 0.15) is 57.4 Å². The first-order chi connectivity index (χ1) is 19.5. The van der Waals surface area contributed by atoms with E-state index in [-0.39, 0.29) is 17.1 Å². The minimum absolute atomic E-state index is 0.0172. The highest BCUT2D eigenvalue weighted by atomic mass is 19.1. The van der Waals surface area contributed by atoms with Crippen LogP contribution < -0.4 is 0 Å². The minimum atomic E-state index is -0.265. The van der Waals surface area contributed by atoms with Crippen LogP contribution in [0.2, 0.25) is 0 Å². The van der Waals surface area contributed by atoms with Crippen LogP contribution in [-0.2, 0) is 5.41 Å². The molecule has 2 saturated carbocycles. The van der Waals surface area contributed by atoms with E-state index in [1.165, 1.54) is 47.2 Å². The van der Waals surface area contributed by atoms with Crippen molar-refractivity contribution in [3.63, 3.8) is 0 Å². The van der Waals surface area contributed by atoms with Crippen LogP contribution >= 0.6 is 0 Å². The molecule has 40 heavy (non-hydrogen) atoms. The standard InChI is InChI=1S/C34H29FN4O/c1-21-15-31-25(18-37-39(31)27-12-10-26(35)11-13-27)16-28(21)34-20-38(19-29(34)32(34)23-5-3-2-4-6-23)33(40)30-14-9-24(17-36-30)22-7-8-22/h2-6,9-18,22,29,32H,7-8,19-20H2,1H3. The van der Waals surface area contributed by atoms with Crippen molar-refractivity contribution in [1.29, 1.82) is 0 Å². The molecule has 2 aliphatic carbocycles. The third kappa shape index (κ3) is 3.55. The van der Waals surface area contributed by atoms with Crippen molar-refractivity contribution in [2.45, 2.75) is 37.0 Å². The molecule has 8 rings (SSSR count). The van der Waals surface area contributed by atoms with Crippen LogP contribution in [0.4, 0.5) is 4.39 Å². The van der Waals surface area contributed by atoms with E-state index in [4.69, 9.17) is 0 Å². The summed E-state index contributed by atoms with van der Waals surface area (Å²) >= 11 is 0. The highest BCUT2D eigenvalue weighted by Gasteiger charge is 2.71. The number of nitrogens with zero attached hydrogens (tertiary/aromatic N) is 4. The molecule has 6 heteroatoms. The van der Waals surface area contributed by atoms with Gasteiger partial charge in [-0.05, 0) is 96.3 Å². The van der Waals surface area contributed by atoms with Crippen molar-refractivity contribution in [3.8, 4) is 5.69 Å². The van der Waals surface area contributed by atoms with E-state index in [0.717, 1.165) is 23.1 Å². The number of fused-ring (bicyclic) bond motifs is 2. The molecule has 0 N–H and O–H groups in total. The molecule has 1 aliphatic heterocycles. The van der Waals surface area contributed by atoms with Crippen LogP contribution in [0.25, 0.3) is 16.6 Å². The Morgan fingerprint density at radius 1 is 0.950 bits per heavy atom. The molecule has 0 bridgehead atoms. The Balaban J connectivity index is 1.17. The number of hydrogen-bond donors (Lipinski definition) is 0. The molecule has 2 aromatic heterocycles. The van der Waals surface area contributed by atoms with E-state index < -0.39 is 0 Å². The van der Waals surface area contributed by atoms with Gasteiger partial charge < -0.3 is 4.90 Å². The Morgan fingerprint density at radius 2 is 1.75 bits per heavy atom. The van der Waals surface area contributed by atoms with Gasteiger partial charge in [-0.3, -0.25) is 9.78 Å². The summed E-state index contributed by atoms with van der Waals surface area (Å²) in [6.45, 7) is 3.54. The summed E-state index contributed by atoms with van der Waals surface area (Å²) in [6, 6.07) is 25.6. The maximum atomic E-state index is 13.6. The lowest BCUT2D eigenvalue weighted by Gasteiger charge is -2.25. The fourth-order valence-corrected chi connectivity index (χ4v) is 7.24. The molecule has 198 valence electrons. The smallest absolute Gasteiger partial charge is 0.272 e.